The van der Waals surface area contributed by atoms with E-state index in [1.54, 1.807) is 0 Å². The first-order valence-corrected chi connectivity index (χ1v) is 9.57. The predicted octanol–water partition coefficient (Wildman–Crippen LogP) is 0.354. The minimum atomic E-state index is -1.33. The van der Waals surface area contributed by atoms with Crippen molar-refractivity contribution in [2.75, 3.05) is 12.3 Å². The summed E-state index contributed by atoms with van der Waals surface area (Å²) in [6.07, 6.45) is -1.44. The lowest BCUT2D eigenvalue weighted by atomic mass is 10.1. The number of aromatic nitrogens is 4. The number of rotatable bonds is 8. The third-order valence-corrected chi connectivity index (χ3v) is 4.65. The van der Waals surface area contributed by atoms with Crippen LogP contribution in [0, 0.1) is 0 Å². The van der Waals surface area contributed by atoms with Crippen molar-refractivity contribution < 1.29 is 29.3 Å². The molecule has 1 fully saturated rings. The van der Waals surface area contributed by atoms with Gasteiger partial charge in [-0.2, -0.15) is 0 Å². The number of ether oxygens (including phenoxy) is 2. The molecule has 158 valence electrons. The number of carbonyl (C=O) groups is 2. The molecule has 1 aliphatic rings. The fraction of sp³-hybridized carbons (Fsp3) is 0.611. The topological polar surface area (TPSA) is 163 Å². The third-order valence-electron chi connectivity index (χ3n) is 4.65. The van der Waals surface area contributed by atoms with E-state index in [1.807, 2.05) is 13.8 Å². The molecule has 0 radical (unpaired) electrons. The van der Waals surface area contributed by atoms with E-state index >= 15 is 0 Å². The molecule has 2 aromatic heterocycles. The number of hydrogen-bond donors (Lipinski definition) is 3. The highest BCUT2D eigenvalue weighted by atomic mass is 16.6. The summed E-state index contributed by atoms with van der Waals surface area (Å²) in [6.45, 7) is 3.51. The van der Waals surface area contributed by atoms with Crippen LogP contribution in [-0.4, -0.2) is 66.4 Å². The summed E-state index contributed by atoms with van der Waals surface area (Å²) in [4.78, 5) is 36.1. The SMILES string of the molecule is CCCC(=O)OC[C@H]1O[C@@H](n2cnc3c(N)nc(C(=O)CCC)nc32)[C@H](O)[C@@H]1O. The van der Waals surface area contributed by atoms with Crippen molar-refractivity contribution in [2.24, 2.45) is 0 Å². The van der Waals surface area contributed by atoms with Crippen molar-refractivity contribution in [1.82, 2.24) is 19.5 Å². The highest BCUT2D eigenvalue weighted by Crippen LogP contribution is 2.32. The summed E-state index contributed by atoms with van der Waals surface area (Å²) < 4.78 is 12.2. The van der Waals surface area contributed by atoms with Crippen LogP contribution in [0.15, 0.2) is 6.33 Å². The van der Waals surface area contributed by atoms with Gasteiger partial charge in [0.1, 0.15) is 30.4 Å². The molecule has 11 nitrogen and oxygen atoms in total. The number of ketones is 1. The van der Waals surface area contributed by atoms with Crippen LogP contribution < -0.4 is 5.73 Å². The van der Waals surface area contributed by atoms with Gasteiger partial charge in [-0.3, -0.25) is 14.2 Å². The van der Waals surface area contributed by atoms with E-state index in [9.17, 15) is 19.8 Å². The van der Waals surface area contributed by atoms with Gasteiger partial charge in [0.25, 0.3) is 0 Å². The largest absolute Gasteiger partial charge is 0.463 e. The maximum Gasteiger partial charge on any atom is 0.305 e. The quantitative estimate of drug-likeness (QED) is 0.411. The Kier molecular flexibility index (Phi) is 6.40. The fourth-order valence-corrected chi connectivity index (χ4v) is 3.14. The number of anilines is 1. The molecule has 2 aromatic rings. The summed E-state index contributed by atoms with van der Waals surface area (Å²) >= 11 is 0. The third kappa shape index (κ3) is 4.21. The first-order chi connectivity index (χ1) is 13.9. The molecule has 0 aliphatic carbocycles. The molecule has 0 spiro atoms. The zero-order valence-corrected chi connectivity index (χ0v) is 16.3. The Morgan fingerprint density at radius 3 is 2.62 bits per heavy atom. The van der Waals surface area contributed by atoms with Crippen LogP contribution >= 0.6 is 0 Å². The van der Waals surface area contributed by atoms with Gasteiger partial charge in [0, 0.05) is 12.8 Å². The number of esters is 1. The van der Waals surface area contributed by atoms with Gasteiger partial charge >= 0.3 is 5.97 Å². The summed E-state index contributed by atoms with van der Waals surface area (Å²) in [6, 6.07) is 0. The molecule has 11 heteroatoms. The number of aliphatic hydroxyl groups excluding tert-OH is 2. The molecule has 3 heterocycles. The van der Waals surface area contributed by atoms with Gasteiger partial charge in [-0.25, -0.2) is 15.0 Å². The second-order valence-electron chi connectivity index (χ2n) is 6.91. The van der Waals surface area contributed by atoms with Gasteiger partial charge < -0.3 is 25.4 Å². The van der Waals surface area contributed by atoms with Crippen molar-refractivity contribution in [3.8, 4) is 0 Å². The van der Waals surface area contributed by atoms with E-state index in [0.29, 0.717) is 12.8 Å². The first kappa shape index (κ1) is 21.1. The Balaban J connectivity index is 1.86. The first-order valence-electron chi connectivity index (χ1n) is 9.57. The molecule has 0 saturated carbocycles. The lowest BCUT2D eigenvalue weighted by molar-refractivity contribution is -0.150. The summed E-state index contributed by atoms with van der Waals surface area (Å²) in [5, 5.41) is 20.8. The molecule has 29 heavy (non-hydrogen) atoms. The molecule has 0 bridgehead atoms. The summed E-state index contributed by atoms with van der Waals surface area (Å²) in [5.74, 6) is -0.681. The number of aliphatic hydroxyl groups is 2. The van der Waals surface area contributed by atoms with Crippen LogP contribution in [0.3, 0.4) is 0 Å². The molecular formula is C18H25N5O6. The maximum absolute atomic E-state index is 12.2. The molecule has 0 aromatic carbocycles. The van der Waals surface area contributed by atoms with Crippen LogP contribution in [0.25, 0.3) is 11.2 Å². The number of nitrogens with two attached hydrogens (primary N) is 1. The average molecular weight is 407 g/mol. The average Bonchev–Trinajstić information content (AvgIpc) is 3.23. The second kappa shape index (κ2) is 8.80. The maximum atomic E-state index is 12.2. The molecule has 4 atom stereocenters. The Bertz CT molecular complexity index is 900. The zero-order valence-electron chi connectivity index (χ0n) is 16.3. The van der Waals surface area contributed by atoms with Gasteiger partial charge in [0.15, 0.2) is 29.3 Å². The Morgan fingerprint density at radius 1 is 1.21 bits per heavy atom. The van der Waals surface area contributed by atoms with Crippen molar-refractivity contribution in [1.29, 1.82) is 0 Å². The molecular weight excluding hydrogens is 382 g/mol. The Hall–Kier alpha value is -2.63. The molecule has 4 N–H and O–H groups in total. The van der Waals surface area contributed by atoms with Crippen molar-refractivity contribution >= 4 is 28.7 Å². The molecule has 1 saturated heterocycles. The number of imidazole rings is 1. The fourth-order valence-electron chi connectivity index (χ4n) is 3.14. The number of nitrogens with zero attached hydrogens (tertiary/aromatic N) is 4. The summed E-state index contributed by atoms with van der Waals surface area (Å²) in [5.41, 5.74) is 6.37. The van der Waals surface area contributed by atoms with Crippen LogP contribution in [0.4, 0.5) is 5.82 Å². The van der Waals surface area contributed by atoms with Gasteiger partial charge in [0.05, 0.1) is 6.33 Å². The van der Waals surface area contributed by atoms with Crippen LogP contribution in [0.1, 0.15) is 56.4 Å². The molecule has 0 unspecified atom stereocenters. The van der Waals surface area contributed by atoms with Crippen LogP contribution in [0.2, 0.25) is 0 Å². The van der Waals surface area contributed by atoms with E-state index in [2.05, 4.69) is 15.0 Å². The van der Waals surface area contributed by atoms with Crippen molar-refractivity contribution in [3.63, 3.8) is 0 Å². The number of Topliss-reactive ketones (excluding diaryl/α,β-unsaturated/α-hetero) is 1. The highest BCUT2D eigenvalue weighted by Gasteiger charge is 2.45. The molecule has 3 rings (SSSR count). The lowest BCUT2D eigenvalue weighted by Gasteiger charge is -2.16. The van der Waals surface area contributed by atoms with E-state index in [1.165, 1.54) is 10.9 Å². The number of fused-ring (bicyclic) bond motifs is 1. The molecule has 0 amide bonds. The Labute approximate surface area is 166 Å². The minimum absolute atomic E-state index is 0.0336. The van der Waals surface area contributed by atoms with Gasteiger partial charge in [-0.15, -0.1) is 0 Å². The zero-order chi connectivity index (χ0) is 21.1. The normalized spacial score (nSPS) is 24.1. The molecule has 1 aliphatic heterocycles. The highest BCUT2D eigenvalue weighted by molar-refractivity contribution is 5.95. The number of nitrogen functional groups attached to an aromatic ring is 1. The number of hydrogen-bond acceptors (Lipinski definition) is 10. The van der Waals surface area contributed by atoms with E-state index in [4.69, 9.17) is 15.2 Å². The van der Waals surface area contributed by atoms with Crippen LogP contribution in [0.5, 0.6) is 0 Å². The minimum Gasteiger partial charge on any atom is -0.463 e. The van der Waals surface area contributed by atoms with Gasteiger partial charge in [-0.1, -0.05) is 13.8 Å². The Morgan fingerprint density at radius 2 is 1.93 bits per heavy atom. The van der Waals surface area contributed by atoms with Crippen LogP contribution in [-0.2, 0) is 14.3 Å². The van der Waals surface area contributed by atoms with Gasteiger partial charge in [0.2, 0.25) is 0 Å². The standard InChI is InChI=1S/C18H25N5O6/c1-3-5-9(24)16-21-15(19)12-17(22-16)23(8-20-12)18-14(27)13(26)10(29-18)7-28-11(25)6-4-2/h8,10,13-14,18,26-27H,3-7H2,1-2H3,(H2,19,21,22)/t10-,13-,14-,18-/m1/s1. The van der Waals surface area contributed by atoms with E-state index < -0.39 is 30.5 Å². The van der Waals surface area contributed by atoms with Crippen molar-refractivity contribution in [3.05, 3.63) is 12.2 Å². The monoisotopic (exact) mass is 407 g/mol. The van der Waals surface area contributed by atoms with Crippen molar-refractivity contribution in [2.45, 2.75) is 64.1 Å². The number of carbonyl (C=O) groups excluding carboxylic acids is 2. The van der Waals surface area contributed by atoms with E-state index in [-0.39, 0.29) is 48.0 Å². The van der Waals surface area contributed by atoms with E-state index in [0.717, 1.165) is 0 Å². The summed E-state index contributed by atoms with van der Waals surface area (Å²) in [7, 11) is 0. The second-order valence-corrected chi connectivity index (χ2v) is 6.91. The van der Waals surface area contributed by atoms with Gasteiger partial charge in [-0.05, 0) is 12.8 Å². The lowest BCUT2D eigenvalue weighted by Crippen LogP contribution is -2.34. The smallest absolute Gasteiger partial charge is 0.305 e. The predicted molar refractivity (Wildman–Crippen MR) is 101 cm³/mol.